The van der Waals surface area contributed by atoms with E-state index in [4.69, 9.17) is 10.5 Å². The second-order valence-electron chi connectivity index (χ2n) is 6.19. The third-order valence-corrected chi connectivity index (χ3v) is 4.05. The van der Waals surface area contributed by atoms with E-state index in [1.807, 2.05) is 24.3 Å². The second-order valence-corrected chi connectivity index (χ2v) is 6.19. The Morgan fingerprint density at radius 3 is 2.43 bits per heavy atom. The van der Waals surface area contributed by atoms with Gasteiger partial charge in [0.05, 0.1) is 0 Å². The highest BCUT2D eigenvalue weighted by Gasteiger charge is 2.20. The van der Waals surface area contributed by atoms with Crippen LogP contribution in [-0.2, 0) is 4.79 Å². The van der Waals surface area contributed by atoms with Crippen molar-refractivity contribution in [2.45, 2.75) is 57.5 Å². The molecular formula is C17H26N2O2. The number of hydrogen-bond acceptors (Lipinski definition) is 3. The number of carbonyl (C=O) groups is 1. The van der Waals surface area contributed by atoms with Gasteiger partial charge in [0, 0.05) is 12.1 Å². The molecule has 1 aliphatic carbocycles. The maximum absolute atomic E-state index is 11.9. The fourth-order valence-electron chi connectivity index (χ4n) is 2.63. The summed E-state index contributed by atoms with van der Waals surface area (Å²) in [6.45, 7) is 4.38. The minimum Gasteiger partial charge on any atom is -0.484 e. The molecule has 1 saturated carbocycles. The Labute approximate surface area is 127 Å². The number of ether oxygens (including phenoxy) is 1. The van der Waals surface area contributed by atoms with Gasteiger partial charge >= 0.3 is 0 Å². The van der Waals surface area contributed by atoms with Gasteiger partial charge in [-0.3, -0.25) is 4.79 Å². The van der Waals surface area contributed by atoms with Gasteiger partial charge in [0.1, 0.15) is 5.75 Å². The van der Waals surface area contributed by atoms with Crippen LogP contribution >= 0.6 is 0 Å². The molecule has 21 heavy (non-hydrogen) atoms. The van der Waals surface area contributed by atoms with Gasteiger partial charge in [-0.2, -0.15) is 0 Å². The maximum atomic E-state index is 11.9. The van der Waals surface area contributed by atoms with Crippen LogP contribution in [0.4, 0.5) is 0 Å². The van der Waals surface area contributed by atoms with Crippen LogP contribution < -0.4 is 15.8 Å². The van der Waals surface area contributed by atoms with Crippen molar-refractivity contribution in [3.8, 4) is 5.75 Å². The summed E-state index contributed by atoms with van der Waals surface area (Å²) in [4.78, 5) is 11.9. The zero-order valence-electron chi connectivity index (χ0n) is 13.0. The molecular weight excluding hydrogens is 264 g/mol. The third kappa shape index (κ3) is 5.05. The third-order valence-electron chi connectivity index (χ3n) is 4.05. The van der Waals surface area contributed by atoms with Crippen molar-refractivity contribution < 1.29 is 9.53 Å². The predicted octanol–water partition coefficient (Wildman–Crippen LogP) is 2.57. The van der Waals surface area contributed by atoms with Gasteiger partial charge in [-0.25, -0.2) is 0 Å². The molecule has 0 unspecified atom stereocenters. The SMILES string of the molecule is CC(C)c1ccc(OCC(=O)NC2CCC(N)CC2)cc1. The minimum absolute atomic E-state index is 0.0524. The standard InChI is InChI=1S/C17H26N2O2/c1-12(2)13-3-9-16(10-4-13)21-11-17(20)19-15-7-5-14(18)6-8-15/h3-4,9-10,12,14-15H,5-8,11,18H2,1-2H3,(H,19,20). The van der Waals surface area contributed by atoms with Crippen LogP contribution in [0.1, 0.15) is 51.0 Å². The van der Waals surface area contributed by atoms with Crippen LogP contribution in [-0.4, -0.2) is 24.6 Å². The maximum Gasteiger partial charge on any atom is 0.258 e. The normalized spacial score (nSPS) is 22.1. The van der Waals surface area contributed by atoms with Crippen molar-refractivity contribution >= 4 is 5.91 Å². The Morgan fingerprint density at radius 1 is 1.24 bits per heavy atom. The first kappa shape index (κ1) is 15.8. The molecule has 0 saturated heterocycles. The van der Waals surface area contributed by atoms with Gasteiger partial charge in [0.2, 0.25) is 0 Å². The van der Waals surface area contributed by atoms with E-state index in [0.29, 0.717) is 12.0 Å². The summed E-state index contributed by atoms with van der Waals surface area (Å²) in [5, 5.41) is 3.02. The molecule has 0 aliphatic heterocycles. The lowest BCUT2D eigenvalue weighted by atomic mass is 9.92. The lowest BCUT2D eigenvalue weighted by Crippen LogP contribution is -2.42. The lowest BCUT2D eigenvalue weighted by molar-refractivity contribution is -0.124. The van der Waals surface area contributed by atoms with E-state index in [-0.39, 0.29) is 18.6 Å². The predicted molar refractivity (Wildman–Crippen MR) is 84.4 cm³/mol. The molecule has 0 atom stereocenters. The molecule has 0 aromatic heterocycles. The number of amides is 1. The summed E-state index contributed by atoms with van der Waals surface area (Å²) in [5.74, 6) is 1.18. The van der Waals surface area contributed by atoms with E-state index in [1.54, 1.807) is 0 Å². The highest BCUT2D eigenvalue weighted by Crippen LogP contribution is 2.19. The number of benzene rings is 1. The summed E-state index contributed by atoms with van der Waals surface area (Å²) >= 11 is 0. The Balaban J connectivity index is 1.73. The van der Waals surface area contributed by atoms with E-state index in [1.165, 1.54) is 5.56 Å². The van der Waals surface area contributed by atoms with Crippen molar-refractivity contribution in [2.24, 2.45) is 5.73 Å². The smallest absolute Gasteiger partial charge is 0.258 e. The van der Waals surface area contributed by atoms with Gasteiger partial charge in [0.15, 0.2) is 6.61 Å². The van der Waals surface area contributed by atoms with Gasteiger partial charge in [-0.05, 0) is 49.3 Å². The summed E-state index contributed by atoms with van der Waals surface area (Å²) < 4.78 is 5.53. The Hall–Kier alpha value is -1.55. The molecule has 1 fully saturated rings. The Bertz CT molecular complexity index is 448. The average molecular weight is 290 g/mol. The van der Waals surface area contributed by atoms with Crippen molar-refractivity contribution in [3.05, 3.63) is 29.8 Å². The summed E-state index contributed by atoms with van der Waals surface area (Å²) in [7, 11) is 0. The molecule has 0 radical (unpaired) electrons. The molecule has 116 valence electrons. The van der Waals surface area contributed by atoms with Crippen LogP contribution in [0, 0.1) is 0 Å². The van der Waals surface area contributed by atoms with Gasteiger partial charge in [-0.1, -0.05) is 26.0 Å². The van der Waals surface area contributed by atoms with Crippen molar-refractivity contribution in [1.29, 1.82) is 0 Å². The molecule has 0 spiro atoms. The quantitative estimate of drug-likeness (QED) is 0.876. The van der Waals surface area contributed by atoms with Crippen molar-refractivity contribution in [1.82, 2.24) is 5.32 Å². The number of rotatable bonds is 5. The van der Waals surface area contributed by atoms with E-state index >= 15 is 0 Å². The molecule has 1 amide bonds. The minimum atomic E-state index is -0.0524. The highest BCUT2D eigenvalue weighted by molar-refractivity contribution is 5.77. The molecule has 1 aromatic carbocycles. The first-order valence-electron chi connectivity index (χ1n) is 7.82. The molecule has 4 heteroatoms. The largest absolute Gasteiger partial charge is 0.484 e. The molecule has 1 aromatic rings. The monoisotopic (exact) mass is 290 g/mol. The molecule has 3 N–H and O–H groups in total. The van der Waals surface area contributed by atoms with E-state index in [9.17, 15) is 4.79 Å². The zero-order valence-corrected chi connectivity index (χ0v) is 13.0. The highest BCUT2D eigenvalue weighted by atomic mass is 16.5. The van der Waals surface area contributed by atoms with Crippen LogP contribution in [0.25, 0.3) is 0 Å². The zero-order chi connectivity index (χ0) is 15.2. The molecule has 1 aliphatic rings. The average Bonchev–Trinajstić information content (AvgIpc) is 2.48. The van der Waals surface area contributed by atoms with Crippen molar-refractivity contribution in [2.75, 3.05) is 6.61 Å². The topological polar surface area (TPSA) is 64.3 Å². The molecule has 0 bridgehead atoms. The summed E-state index contributed by atoms with van der Waals surface area (Å²) in [6.07, 6.45) is 3.91. The van der Waals surface area contributed by atoms with Gasteiger partial charge in [-0.15, -0.1) is 0 Å². The van der Waals surface area contributed by atoms with E-state index < -0.39 is 0 Å². The van der Waals surface area contributed by atoms with Gasteiger partial charge < -0.3 is 15.8 Å². The fraction of sp³-hybridized carbons (Fsp3) is 0.588. The summed E-state index contributed by atoms with van der Waals surface area (Å²) in [6, 6.07) is 8.48. The first-order chi connectivity index (χ1) is 10.0. The molecule has 2 rings (SSSR count). The number of hydrogen-bond donors (Lipinski definition) is 2. The lowest BCUT2D eigenvalue weighted by Gasteiger charge is -2.26. The van der Waals surface area contributed by atoms with E-state index in [2.05, 4.69) is 19.2 Å². The van der Waals surface area contributed by atoms with Crippen LogP contribution in [0.2, 0.25) is 0 Å². The van der Waals surface area contributed by atoms with Gasteiger partial charge in [0.25, 0.3) is 5.91 Å². The van der Waals surface area contributed by atoms with Crippen LogP contribution in [0.3, 0.4) is 0 Å². The second kappa shape index (κ2) is 7.46. The first-order valence-corrected chi connectivity index (χ1v) is 7.82. The Morgan fingerprint density at radius 2 is 1.86 bits per heavy atom. The van der Waals surface area contributed by atoms with E-state index in [0.717, 1.165) is 31.4 Å². The Kier molecular flexibility index (Phi) is 5.62. The summed E-state index contributed by atoms with van der Waals surface area (Å²) in [5.41, 5.74) is 7.13. The van der Waals surface area contributed by atoms with Crippen LogP contribution in [0.15, 0.2) is 24.3 Å². The fourth-order valence-corrected chi connectivity index (χ4v) is 2.63. The molecule has 0 heterocycles. The number of carbonyl (C=O) groups excluding carboxylic acids is 1. The number of nitrogens with two attached hydrogens (primary N) is 1. The van der Waals surface area contributed by atoms with Crippen LogP contribution in [0.5, 0.6) is 5.75 Å². The molecule has 4 nitrogen and oxygen atoms in total. The number of nitrogens with one attached hydrogen (secondary N) is 1. The van der Waals surface area contributed by atoms with Crippen molar-refractivity contribution in [3.63, 3.8) is 0 Å².